The van der Waals surface area contributed by atoms with E-state index in [4.69, 9.17) is 21.6 Å². The van der Waals surface area contributed by atoms with E-state index in [1.165, 1.54) is 16.7 Å². The minimum absolute atomic E-state index is 0.175. The van der Waals surface area contributed by atoms with Crippen LogP contribution in [0.3, 0.4) is 0 Å². The molecule has 0 bridgehead atoms. The van der Waals surface area contributed by atoms with Gasteiger partial charge in [-0.05, 0) is 61.6 Å². The molecule has 2 aromatic carbocycles. The number of benzene rings is 2. The number of hydrogen-bond donors (Lipinski definition) is 0. The Morgan fingerprint density at radius 3 is 2.46 bits per heavy atom. The maximum Gasteiger partial charge on any atom is 0.340 e. The second-order valence-corrected chi connectivity index (χ2v) is 7.51. The van der Waals surface area contributed by atoms with Crippen LogP contribution in [0.4, 0.5) is 5.69 Å². The molecule has 2 aromatic rings. The summed E-state index contributed by atoms with van der Waals surface area (Å²) in [4.78, 5) is 27.4. The molecule has 0 atom stereocenters. The largest absolute Gasteiger partial charge is 0.452 e. The maximum atomic E-state index is 12.7. The highest BCUT2D eigenvalue weighted by Gasteiger charge is 2.20. The topological polar surface area (TPSA) is 70.4 Å². The van der Waals surface area contributed by atoms with Gasteiger partial charge in [-0.3, -0.25) is 4.79 Å². The number of esters is 1. The van der Waals surface area contributed by atoms with Crippen molar-refractivity contribution < 1.29 is 14.3 Å². The zero-order chi connectivity index (χ0) is 20.7. The monoisotopic (exact) mass is 416 g/mol. The fourth-order valence-corrected chi connectivity index (χ4v) is 3.37. The Labute approximate surface area is 174 Å². The first kappa shape index (κ1) is 21.8. The van der Waals surface area contributed by atoms with E-state index in [0.717, 1.165) is 16.0 Å². The molecule has 0 fully saturated rings. The van der Waals surface area contributed by atoms with Gasteiger partial charge < -0.3 is 9.64 Å². The van der Waals surface area contributed by atoms with Crippen LogP contribution >= 0.6 is 23.4 Å². The Morgan fingerprint density at radius 2 is 1.86 bits per heavy atom. The van der Waals surface area contributed by atoms with Gasteiger partial charge in [-0.2, -0.15) is 5.26 Å². The van der Waals surface area contributed by atoms with Gasteiger partial charge in [-0.15, -0.1) is 11.8 Å². The van der Waals surface area contributed by atoms with Crippen molar-refractivity contribution in [1.82, 2.24) is 0 Å². The molecule has 0 N–H and O–H groups in total. The first-order valence-electron chi connectivity index (χ1n) is 8.62. The number of nitriles is 1. The molecule has 2 rings (SSSR count). The number of halogens is 1. The molecule has 28 heavy (non-hydrogen) atoms. The molecule has 7 heteroatoms. The number of anilines is 1. The first-order chi connectivity index (χ1) is 13.3. The highest BCUT2D eigenvalue weighted by Crippen LogP contribution is 2.24. The van der Waals surface area contributed by atoms with Gasteiger partial charge in [0.2, 0.25) is 0 Å². The maximum absolute atomic E-state index is 12.7. The number of aryl methyl sites for hydroxylation is 2. The summed E-state index contributed by atoms with van der Waals surface area (Å²) in [6, 6.07) is 12.8. The second-order valence-electron chi connectivity index (χ2n) is 6.22. The summed E-state index contributed by atoms with van der Waals surface area (Å²) in [6.45, 7) is 3.66. The molecule has 0 saturated heterocycles. The van der Waals surface area contributed by atoms with Crippen molar-refractivity contribution in [3.63, 3.8) is 0 Å². The van der Waals surface area contributed by atoms with Gasteiger partial charge in [0.1, 0.15) is 0 Å². The molecule has 0 heterocycles. The summed E-state index contributed by atoms with van der Waals surface area (Å²) in [5, 5.41) is 9.18. The molecule has 5 nitrogen and oxygen atoms in total. The normalized spacial score (nSPS) is 10.2. The number of rotatable bonds is 7. The third-order valence-corrected chi connectivity index (χ3v) is 5.04. The van der Waals surface area contributed by atoms with Crippen LogP contribution in [-0.4, -0.2) is 31.3 Å². The predicted octanol–water partition coefficient (Wildman–Crippen LogP) is 4.78. The van der Waals surface area contributed by atoms with E-state index < -0.39 is 18.5 Å². The molecule has 146 valence electrons. The first-order valence-corrected chi connectivity index (χ1v) is 10.2. The van der Waals surface area contributed by atoms with Crippen LogP contribution in [0.2, 0.25) is 5.02 Å². The van der Waals surface area contributed by atoms with Crippen LogP contribution in [0.15, 0.2) is 41.3 Å². The van der Waals surface area contributed by atoms with E-state index in [1.54, 1.807) is 18.2 Å². The minimum Gasteiger partial charge on any atom is -0.452 e. The predicted molar refractivity (Wildman–Crippen MR) is 112 cm³/mol. The fourth-order valence-electron chi connectivity index (χ4n) is 2.74. The summed E-state index contributed by atoms with van der Waals surface area (Å²) in [5.74, 6) is -1.05. The smallest absolute Gasteiger partial charge is 0.340 e. The van der Waals surface area contributed by atoms with Crippen molar-refractivity contribution in [2.24, 2.45) is 0 Å². The standard InChI is InChI=1S/C21H21ClN2O3S/c1-14-9-15(2)11-16(10-14)24(8-4-7-23)20(25)13-27-21(26)18-12-17(28-3)5-6-19(18)22/h5-6,9-12H,4,8,13H2,1-3H3. The van der Waals surface area contributed by atoms with Crippen LogP contribution in [0, 0.1) is 25.2 Å². The second kappa shape index (κ2) is 10.2. The van der Waals surface area contributed by atoms with E-state index in [1.807, 2.05) is 44.4 Å². The van der Waals surface area contributed by atoms with Crippen LogP contribution < -0.4 is 4.90 Å². The molecule has 0 spiro atoms. The van der Waals surface area contributed by atoms with E-state index in [2.05, 4.69) is 0 Å². The van der Waals surface area contributed by atoms with Gasteiger partial charge in [-0.25, -0.2) is 4.79 Å². The average molecular weight is 417 g/mol. The van der Waals surface area contributed by atoms with Gasteiger partial charge in [0, 0.05) is 17.1 Å². The summed E-state index contributed by atoms with van der Waals surface area (Å²) in [6.07, 6.45) is 2.06. The third-order valence-electron chi connectivity index (χ3n) is 3.99. The number of amides is 1. The zero-order valence-corrected chi connectivity index (χ0v) is 17.6. The van der Waals surface area contributed by atoms with Gasteiger partial charge in [-0.1, -0.05) is 17.7 Å². The highest BCUT2D eigenvalue weighted by molar-refractivity contribution is 7.98. The van der Waals surface area contributed by atoms with Crippen LogP contribution in [0.25, 0.3) is 0 Å². The molecule has 0 aliphatic rings. The fraction of sp³-hybridized carbons (Fsp3) is 0.286. The van der Waals surface area contributed by atoms with Crippen molar-refractivity contribution in [2.75, 3.05) is 24.3 Å². The van der Waals surface area contributed by atoms with Crippen molar-refractivity contribution in [2.45, 2.75) is 25.2 Å². The van der Waals surface area contributed by atoms with E-state index >= 15 is 0 Å². The Hall–Kier alpha value is -2.49. The SMILES string of the molecule is CSc1ccc(Cl)c(C(=O)OCC(=O)N(CCC#N)c2cc(C)cc(C)c2)c1. The Balaban J connectivity index is 2.15. The zero-order valence-electron chi connectivity index (χ0n) is 16.0. The number of carbonyl (C=O) groups excluding carboxylic acids is 2. The van der Waals surface area contributed by atoms with Gasteiger partial charge >= 0.3 is 5.97 Å². The number of hydrogen-bond acceptors (Lipinski definition) is 5. The van der Waals surface area contributed by atoms with Crippen LogP contribution in [0.1, 0.15) is 27.9 Å². The summed E-state index contributed by atoms with van der Waals surface area (Å²) >= 11 is 7.56. The van der Waals surface area contributed by atoms with Crippen molar-refractivity contribution in [1.29, 1.82) is 5.26 Å². The quantitative estimate of drug-likeness (QED) is 0.479. The van der Waals surface area contributed by atoms with Gasteiger partial charge in [0.25, 0.3) is 5.91 Å². The molecule has 0 aliphatic heterocycles. The van der Waals surface area contributed by atoms with E-state index in [0.29, 0.717) is 5.69 Å². The lowest BCUT2D eigenvalue weighted by molar-refractivity contribution is -0.121. The summed E-state index contributed by atoms with van der Waals surface area (Å²) in [7, 11) is 0. The average Bonchev–Trinajstić information content (AvgIpc) is 2.66. The van der Waals surface area contributed by atoms with Crippen molar-refractivity contribution in [3.8, 4) is 6.07 Å². The molecule has 0 unspecified atom stereocenters. The van der Waals surface area contributed by atoms with Crippen LogP contribution in [-0.2, 0) is 9.53 Å². The Kier molecular flexibility index (Phi) is 7.91. The number of thioether (sulfide) groups is 1. The molecular formula is C21H21ClN2O3S. The number of ether oxygens (including phenoxy) is 1. The summed E-state index contributed by atoms with van der Waals surface area (Å²) in [5.41, 5.74) is 2.90. The van der Waals surface area contributed by atoms with Crippen molar-refractivity contribution in [3.05, 3.63) is 58.1 Å². The van der Waals surface area contributed by atoms with Crippen molar-refractivity contribution >= 4 is 40.9 Å². The number of nitrogens with zero attached hydrogens (tertiary/aromatic N) is 2. The Bertz CT molecular complexity index is 904. The summed E-state index contributed by atoms with van der Waals surface area (Å²) < 4.78 is 5.21. The minimum atomic E-state index is -0.657. The number of carbonyl (C=O) groups is 2. The third kappa shape index (κ3) is 5.75. The molecular weight excluding hydrogens is 396 g/mol. The van der Waals surface area contributed by atoms with E-state index in [-0.39, 0.29) is 23.6 Å². The Morgan fingerprint density at radius 1 is 1.18 bits per heavy atom. The lowest BCUT2D eigenvalue weighted by Crippen LogP contribution is -2.35. The molecule has 0 aromatic heterocycles. The lowest BCUT2D eigenvalue weighted by atomic mass is 10.1. The highest BCUT2D eigenvalue weighted by atomic mass is 35.5. The molecule has 1 amide bonds. The van der Waals surface area contributed by atoms with Gasteiger partial charge in [0.15, 0.2) is 6.61 Å². The van der Waals surface area contributed by atoms with E-state index in [9.17, 15) is 9.59 Å². The molecule has 0 aliphatic carbocycles. The lowest BCUT2D eigenvalue weighted by Gasteiger charge is -2.22. The van der Waals surface area contributed by atoms with Gasteiger partial charge in [0.05, 0.1) is 23.1 Å². The molecule has 0 radical (unpaired) electrons. The van der Waals surface area contributed by atoms with Crippen LogP contribution in [0.5, 0.6) is 0 Å². The molecule has 0 saturated carbocycles.